The molecular formula is C63H98O6. The first-order valence-electron chi connectivity index (χ1n) is 27.4. The van der Waals surface area contributed by atoms with Crippen LogP contribution in [-0.2, 0) is 28.6 Å². The molecule has 0 aliphatic carbocycles. The summed E-state index contributed by atoms with van der Waals surface area (Å²) in [5.74, 6) is -0.986. The summed E-state index contributed by atoms with van der Waals surface area (Å²) in [4.78, 5) is 38.1. The van der Waals surface area contributed by atoms with Gasteiger partial charge in [-0.15, -0.1) is 0 Å². The van der Waals surface area contributed by atoms with Crippen molar-refractivity contribution in [2.45, 2.75) is 219 Å². The summed E-state index contributed by atoms with van der Waals surface area (Å²) in [5.41, 5.74) is 0. The van der Waals surface area contributed by atoms with Crippen molar-refractivity contribution in [3.8, 4) is 0 Å². The zero-order valence-electron chi connectivity index (χ0n) is 44.0. The topological polar surface area (TPSA) is 78.9 Å². The summed E-state index contributed by atoms with van der Waals surface area (Å²) >= 11 is 0. The second-order valence-electron chi connectivity index (χ2n) is 17.4. The summed E-state index contributed by atoms with van der Waals surface area (Å²) in [6.07, 6.45) is 79.7. The smallest absolute Gasteiger partial charge is 0.306 e. The van der Waals surface area contributed by atoms with Gasteiger partial charge in [-0.1, -0.05) is 224 Å². The van der Waals surface area contributed by atoms with Crippen LogP contribution in [0.4, 0.5) is 0 Å². The average molecular weight is 951 g/mol. The number of esters is 3. The quantitative estimate of drug-likeness (QED) is 0.0199. The summed E-state index contributed by atoms with van der Waals surface area (Å²) < 4.78 is 16.8. The maximum atomic E-state index is 12.8. The van der Waals surface area contributed by atoms with Gasteiger partial charge in [0.1, 0.15) is 13.2 Å². The van der Waals surface area contributed by atoms with Crippen molar-refractivity contribution in [2.24, 2.45) is 0 Å². The number of carbonyl (C=O) groups excluding carboxylic acids is 3. The van der Waals surface area contributed by atoms with Crippen molar-refractivity contribution >= 4 is 17.9 Å². The number of allylic oxidation sites excluding steroid dienone is 24. The SMILES string of the molecule is CC\C=C/C=C\C=C/C=C\CCCCCC(=O)OCC(COC(=O)CCCCCCCC/C=C\C/C=C\C/C=C\C/C=C\CC)OC(=O)CCCCCCCC/C=C\C/C=C\C/C=C\C/C=C\CC. The van der Waals surface area contributed by atoms with E-state index in [-0.39, 0.29) is 31.1 Å². The van der Waals surface area contributed by atoms with E-state index in [0.717, 1.165) is 148 Å². The molecule has 0 spiro atoms. The highest BCUT2D eigenvalue weighted by molar-refractivity contribution is 5.71. The third-order valence-corrected chi connectivity index (χ3v) is 10.9. The Morgan fingerprint density at radius 1 is 0.304 bits per heavy atom. The lowest BCUT2D eigenvalue weighted by molar-refractivity contribution is -0.167. The molecule has 0 amide bonds. The molecule has 1 unspecified atom stereocenters. The normalized spacial score (nSPS) is 13.3. The van der Waals surface area contributed by atoms with Gasteiger partial charge in [0.05, 0.1) is 0 Å². The molecule has 0 fully saturated rings. The molecule has 0 radical (unpaired) electrons. The van der Waals surface area contributed by atoms with Gasteiger partial charge in [0.2, 0.25) is 0 Å². The van der Waals surface area contributed by atoms with Crippen LogP contribution < -0.4 is 0 Å². The molecule has 0 aliphatic rings. The lowest BCUT2D eigenvalue weighted by Crippen LogP contribution is -2.30. The van der Waals surface area contributed by atoms with Crippen molar-refractivity contribution in [2.75, 3.05) is 13.2 Å². The van der Waals surface area contributed by atoms with Gasteiger partial charge in [0.15, 0.2) is 6.10 Å². The molecule has 0 rings (SSSR count). The predicted molar refractivity (Wildman–Crippen MR) is 297 cm³/mol. The summed E-state index contributed by atoms with van der Waals surface area (Å²) in [6.45, 7) is 6.20. The van der Waals surface area contributed by atoms with Crippen molar-refractivity contribution < 1.29 is 28.6 Å². The molecule has 0 saturated carbocycles. The summed E-state index contributed by atoms with van der Waals surface area (Å²) in [5, 5.41) is 0. The minimum Gasteiger partial charge on any atom is -0.462 e. The molecule has 69 heavy (non-hydrogen) atoms. The average Bonchev–Trinajstić information content (AvgIpc) is 3.35. The van der Waals surface area contributed by atoms with Crippen LogP contribution in [0, 0.1) is 0 Å². The first-order valence-corrected chi connectivity index (χ1v) is 27.4. The Morgan fingerprint density at radius 2 is 0.594 bits per heavy atom. The summed E-state index contributed by atoms with van der Waals surface area (Å²) in [6, 6.07) is 0. The lowest BCUT2D eigenvalue weighted by Gasteiger charge is -2.18. The monoisotopic (exact) mass is 951 g/mol. The van der Waals surface area contributed by atoms with E-state index in [1.54, 1.807) is 0 Å². The molecule has 6 nitrogen and oxygen atoms in total. The number of hydrogen-bond acceptors (Lipinski definition) is 6. The van der Waals surface area contributed by atoms with E-state index in [0.29, 0.717) is 19.3 Å². The van der Waals surface area contributed by atoms with Gasteiger partial charge in [-0.25, -0.2) is 0 Å². The minimum atomic E-state index is -0.815. The first kappa shape index (κ1) is 64.3. The van der Waals surface area contributed by atoms with Crippen LogP contribution in [0.25, 0.3) is 0 Å². The molecule has 386 valence electrons. The molecule has 0 bridgehead atoms. The molecule has 0 N–H and O–H groups in total. The lowest BCUT2D eigenvalue weighted by atomic mass is 10.1. The molecule has 6 heteroatoms. The predicted octanol–water partition coefficient (Wildman–Crippen LogP) is 18.4. The van der Waals surface area contributed by atoms with Crippen LogP contribution in [0.15, 0.2) is 146 Å². The fraction of sp³-hybridized carbons (Fsp3) is 0.571. The molecular weight excluding hydrogens is 853 g/mol. The Bertz CT molecular complexity index is 1560. The van der Waals surface area contributed by atoms with Crippen molar-refractivity contribution in [3.63, 3.8) is 0 Å². The number of hydrogen-bond donors (Lipinski definition) is 0. The standard InChI is InChI=1S/C63H98O6/c1-4-7-10-13-16-19-22-25-27-29-31-33-35-38-41-44-47-50-53-56-62(65)68-59-60(58-67-61(64)55-52-49-46-43-40-37-24-21-18-15-12-9-6-3)69-63(66)57-54-51-48-45-42-39-36-34-32-30-28-26-23-20-17-14-11-8-5-2/h7-12,15-21,24-28,31-34,37,40,60H,4-6,13-14,22-23,29-30,35-36,38-39,41-59H2,1-3H3/b10-7-,11-8-,12-9-,18-15-,19-16-,20-17-,24-21-,27-25-,28-26-,33-31-,34-32-,40-37-. The fourth-order valence-electron chi connectivity index (χ4n) is 6.90. The third kappa shape index (κ3) is 54.1. The molecule has 0 aromatic heterocycles. The van der Waals surface area contributed by atoms with Gasteiger partial charge in [-0.2, -0.15) is 0 Å². The third-order valence-electron chi connectivity index (χ3n) is 10.9. The van der Waals surface area contributed by atoms with Gasteiger partial charge in [0.25, 0.3) is 0 Å². The van der Waals surface area contributed by atoms with Crippen LogP contribution in [-0.4, -0.2) is 37.2 Å². The maximum absolute atomic E-state index is 12.8. The Morgan fingerprint density at radius 3 is 1.00 bits per heavy atom. The van der Waals surface area contributed by atoms with Crippen LogP contribution >= 0.6 is 0 Å². The zero-order valence-corrected chi connectivity index (χ0v) is 44.0. The van der Waals surface area contributed by atoms with Gasteiger partial charge in [0, 0.05) is 19.3 Å². The fourth-order valence-corrected chi connectivity index (χ4v) is 6.90. The largest absolute Gasteiger partial charge is 0.462 e. The number of ether oxygens (including phenoxy) is 3. The van der Waals surface area contributed by atoms with E-state index in [1.165, 1.54) is 25.7 Å². The highest BCUT2D eigenvalue weighted by Gasteiger charge is 2.19. The van der Waals surface area contributed by atoms with Crippen molar-refractivity contribution in [3.05, 3.63) is 146 Å². The summed E-state index contributed by atoms with van der Waals surface area (Å²) in [7, 11) is 0. The molecule has 0 aromatic rings. The molecule has 0 heterocycles. The van der Waals surface area contributed by atoms with Gasteiger partial charge in [-0.05, 0) is 116 Å². The molecule has 0 aromatic carbocycles. The Hall–Kier alpha value is -4.71. The van der Waals surface area contributed by atoms with E-state index in [2.05, 4.69) is 130 Å². The number of rotatable bonds is 47. The highest BCUT2D eigenvalue weighted by Crippen LogP contribution is 2.13. The van der Waals surface area contributed by atoms with E-state index < -0.39 is 6.10 Å². The van der Waals surface area contributed by atoms with Crippen LogP contribution in [0.5, 0.6) is 0 Å². The second-order valence-corrected chi connectivity index (χ2v) is 17.4. The maximum Gasteiger partial charge on any atom is 0.306 e. The Balaban J connectivity index is 4.50. The molecule has 1 atom stereocenters. The van der Waals surface area contributed by atoms with Gasteiger partial charge in [-0.3, -0.25) is 14.4 Å². The second kappa shape index (κ2) is 55.9. The Labute approximate surface area is 423 Å². The number of carbonyl (C=O) groups is 3. The minimum absolute atomic E-state index is 0.111. The van der Waals surface area contributed by atoms with E-state index in [1.807, 2.05) is 36.5 Å². The molecule has 0 saturated heterocycles. The first-order chi connectivity index (χ1) is 34.0. The van der Waals surface area contributed by atoms with E-state index in [9.17, 15) is 14.4 Å². The zero-order chi connectivity index (χ0) is 50.0. The Kier molecular flexibility index (Phi) is 52.1. The van der Waals surface area contributed by atoms with Crippen LogP contribution in [0.2, 0.25) is 0 Å². The number of unbranched alkanes of at least 4 members (excludes halogenated alkanes) is 15. The van der Waals surface area contributed by atoms with E-state index >= 15 is 0 Å². The molecule has 0 aliphatic heterocycles. The van der Waals surface area contributed by atoms with Crippen molar-refractivity contribution in [1.82, 2.24) is 0 Å². The van der Waals surface area contributed by atoms with Gasteiger partial charge < -0.3 is 14.2 Å². The highest BCUT2D eigenvalue weighted by atomic mass is 16.6. The van der Waals surface area contributed by atoms with Crippen LogP contribution in [0.3, 0.4) is 0 Å². The van der Waals surface area contributed by atoms with Crippen LogP contribution in [0.1, 0.15) is 213 Å². The van der Waals surface area contributed by atoms with Crippen molar-refractivity contribution in [1.29, 1.82) is 0 Å². The van der Waals surface area contributed by atoms with E-state index in [4.69, 9.17) is 14.2 Å². The van der Waals surface area contributed by atoms with Gasteiger partial charge >= 0.3 is 17.9 Å².